The zero-order valence-electron chi connectivity index (χ0n) is 9.66. The minimum Gasteiger partial charge on any atom is -0.467 e. The Bertz CT molecular complexity index is 235. The Labute approximate surface area is 96.0 Å². The average Bonchev–Trinajstić information content (AvgIpc) is 2.10. The van der Waals surface area contributed by atoms with Gasteiger partial charge < -0.3 is 15.2 Å². The first-order valence-corrected chi connectivity index (χ1v) is 5.19. The Morgan fingerprint density at radius 3 is 2.40 bits per heavy atom. The highest BCUT2D eigenvalue weighted by atomic mass is 32.1. The van der Waals surface area contributed by atoms with Gasteiger partial charge in [-0.15, -0.1) is 0 Å². The standard InChI is InChI=1S/C10H19NO3S/c1-10(2,3)5-8(15)11-7(6-12)9(13)14-4/h7,12H,5-6H2,1-4H3,(H,11,15)/t7-/m0/s1. The zero-order valence-corrected chi connectivity index (χ0v) is 10.5. The van der Waals surface area contributed by atoms with Gasteiger partial charge in [0, 0.05) is 6.42 Å². The summed E-state index contributed by atoms with van der Waals surface area (Å²) in [7, 11) is 1.28. The molecule has 88 valence electrons. The molecule has 0 aromatic heterocycles. The topological polar surface area (TPSA) is 58.6 Å². The molecule has 2 N–H and O–H groups in total. The van der Waals surface area contributed by atoms with Crippen LogP contribution in [0.2, 0.25) is 0 Å². The number of aliphatic hydroxyl groups is 1. The molecule has 0 aliphatic carbocycles. The quantitative estimate of drug-likeness (QED) is 0.557. The van der Waals surface area contributed by atoms with Gasteiger partial charge in [-0.1, -0.05) is 33.0 Å². The molecule has 0 aromatic carbocycles. The van der Waals surface area contributed by atoms with Crippen LogP contribution in [-0.2, 0) is 9.53 Å². The van der Waals surface area contributed by atoms with E-state index in [1.54, 1.807) is 0 Å². The van der Waals surface area contributed by atoms with Crippen molar-refractivity contribution < 1.29 is 14.6 Å². The Balaban J connectivity index is 4.20. The summed E-state index contributed by atoms with van der Waals surface area (Å²) in [6, 6.07) is -0.759. The molecule has 0 fully saturated rings. The van der Waals surface area contributed by atoms with E-state index in [1.807, 2.05) is 20.8 Å². The second kappa shape index (κ2) is 6.02. The maximum Gasteiger partial charge on any atom is 0.330 e. The molecule has 1 atom stereocenters. The molecular weight excluding hydrogens is 214 g/mol. The van der Waals surface area contributed by atoms with Gasteiger partial charge in [0.1, 0.15) is 6.04 Å². The predicted octanol–water partition coefficient (Wildman–Crippen LogP) is 0.873. The Hall–Kier alpha value is -0.680. The van der Waals surface area contributed by atoms with Gasteiger partial charge in [-0.25, -0.2) is 4.79 Å². The summed E-state index contributed by atoms with van der Waals surface area (Å²) in [5.74, 6) is -0.506. The molecule has 0 saturated carbocycles. The molecule has 0 unspecified atom stereocenters. The first kappa shape index (κ1) is 14.3. The van der Waals surface area contributed by atoms with E-state index in [4.69, 9.17) is 17.3 Å². The highest BCUT2D eigenvalue weighted by Crippen LogP contribution is 2.18. The highest BCUT2D eigenvalue weighted by molar-refractivity contribution is 7.80. The van der Waals surface area contributed by atoms with Gasteiger partial charge in [-0.3, -0.25) is 0 Å². The van der Waals surface area contributed by atoms with Gasteiger partial charge in [0.15, 0.2) is 0 Å². The van der Waals surface area contributed by atoms with Crippen molar-refractivity contribution in [1.82, 2.24) is 5.32 Å². The van der Waals surface area contributed by atoms with Gasteiger partial charge >= 0.3 is 5.97 Å². The van der Waals surface area contributed by atoms with E-state index < -0.39 is 12.0 Å². The van der Waals surface area contributed by atoms with E-state index >= 15 is 0 Å². The molecule has 0 heterocycles. The first-order valence-electron chi connectivity index (χ1n) is 4.78. The third-order valence-corrected chi connectivity index (χ3v) is 1.96. The number of carbonyl (C=O) groups excluding carboxylic acids is 1. The number of hydrogen-bond acceptors (Lipinski definition) is 4. The normalized spacial score (nSPS) is 13.1. The lowest BCUT2D eigenvalue weighted by Gasteiger charge is -2.22. The lowest BCUT2D eigenvalue weighted by molar-refractivity contribution is -0.143. The lowest BCUT2D eigenvalue weighted by Crippen LogP contribution is -2.44. The third-order valence-electron chi connectivity index (χ3n) is 1.69. The number of ether oxygens (including phenoxy) is 1. The lowest BCUT2D eigenvalue weighted by atomic mass is 9.92. The Kier molecular flexibility index (Phi) is 5.75. The first-order chi connectivity index (χ1) is 6.80. The molecular formula is C10H19NO3S. The smallest absolute Gasteiger partial charge is 0.330 e. The van der Waals surface area contributed by atoms with Crippen molar-refractivity contribution in [3.63, 3.8) is 0 Å². The molecule has 15 heavy (non-hydrogen) atoms. The summed E-state index contributed by atoms with van der Waals surface area (Å²) in [4.78, 5) is 11.7. The van der Waals surface area contributed by atoms with Crippen molar-refractivity contribution in [3.8, 4) is 0 Å². The molecule has 0 aromatic rings. The number of nitrogens with one attached hydrogen (secondary N) is 1. The fourth-order valence-corrected chi connectivity index (χ4v) is 1.62. The molecule has 0 aliphatic rings. The van der Waals surface area contributed by atoms with Crippen LogP contribution in [0.25, 0.3) is 0 Å². The van der Waals surface area contributed by atoms with Crippen molar-refractivity contribution >= 4 is 23.2 Å². The minimum atomic E-state index is -0.759. The van der Waals surface area contributed by atoms with Crippen molar-refractivity contribution in [2.45, 2.75) is 33.2 Å². The molecule has 0 bridgehead atoms. The van der Waals surface area contributed by atoms with Crippen molar-refractivity contribution in [2.24, 2.45) is 5.41 Å². The summed E-state index contributed by atoms with van der Waals surface area (Å²) in [6.07, 6.45) is 0.663. The van der Waals surface area contributed by atoms with Gasteiger partial charge in [0.25, 0.3) is 0 Å². The number of thiocarbonyl (C=S) groups is 1. The average molecular weight is 233 g/mol. The Morgan fingerprint density at radius 2 is 2.07 bits per heavy atom. The van der Waals surface area contributed by atoms with Crippen LogP contribution < -0.4 is 5.32 Å². The van der Waals surface area contributed by atoms with Gasteiger partial charge in [-0.2, -0.15) is 0 Å². The SMILES string of the molecule is COC(=O)[C@H](CO)NC(=S)CC(C)(C)C. The number of carbonyl (C=O) groups is 1. The molecule has 0 amide bonds. The largest absolute Gasteiger partial charge is 0.467 e. The van der Waals surface area contributed by atoms with Crippen LogP contribution in [0.4, 0.5) is 0 Å². The molecule has 0 spiro atoms. The third kappa shape index (κ3) is 6.41. The van der Waals surface area contributed by atoms with Gasteiger partial charge in [0.2, 0.25) is 0 Å². The number of hydrogen-bond donors (Lipinski definition) is 2. The Morgan fingerprint density at radius 1 is 1.53 bits per heavy atom. The van der Waals surface area contributed by atoms with Crippen LogP contribution in [0.1, 0.15) is 27.2 Å². The zero-order chi connectivity index (χ0) is 12.1. The molecule has 0 radical (unpaired) electrons. The molecule has 0 saturated heterocycles. The molecule has 0 aliphatic heterocycles. The summed E-state index contributed by atoms with van der Waals surface area (Å²) in [5.41, 5.74) is 0.0558. The maximum atomic E-state index is 11.1. The summed E-state index contributed by atoms with van der Waals surface area (Å²) >= 11 is 5.08. The van der Waals surface area contributed by atoms with Crippen LogP contribution in [0.5, 0.6) is 0 Å². The van der Waals surface area contributed by atoms with Gasteiger partial charge in [0.05, 0.1) is 18.7 Å². The molecule has 4 nitrogen and oxygen atoms in total. The molecule has 0 rings (SSSR count). The van der Waals surface area contributed by atoms with Crippen LogP contribution in [0.15, 0.2) is 0 Å². The van der Waals surface area contributed by atoms with E-state index in [-0.39, 0.29) is 12.0 Å². The summed E-state index contributed by atoms with van der Waals surface area (Å²) in [5, 5.41) is 11.7. The monoisotopic (exact) mass is 233 g/mol. The summed E-state index contributed by atoms with van der Waals surface area (Å²) < 4.78 is 4.51. The van der Waals surface area contributed by atoms with Crippen molar-refractivity contribution in [2.75, 3.05) is 13.7 Å². The second-order valence-corrected chi connectivity index (χ2v) is 5.06. The van der Waals surface area contributed by atoms with Crippen molar-refractivity contribution in [1.29, 1.82) is 0 Å². The van der Waals surface area contributed by atoms with Crippen LogP contribution in [0.3, 0.4) is 0 Å². The van der Waals surface area contributed by atoms with E-state index in [9.17, 15) is 4.79 Å². The van der Waals surface area contributed by atoms with Crippen LogP contribution >= 0.6 is 12.2 Å². The summed E-state index contributed by atoms with van der Waals surface area (Å²) in [6.45, 7) is 5.82. The van der Waals surface area contributed by atoms with Gasteiger partial charge in [-0.05, 0) is 5.41 Å². The van der Waals surface area contributed by atoms with E-state index in [2.05, 4.69) is 10.1 Å². The fraction of sp³-hybridized carbons (Fsp3) is 0.800. The van der Waals surface area contributed by atoms with Crippen molar-refractivity contribution in [3.05, 3.63) is 0 Å². The number of rotatable bonds is 4. The minimum absolute atomic E-state index is 0.0558. The predicted molar refractivity (Wildman–Crippen MR) is 62.7 cm³/mol. The van der Waals surface area contributed by atoms with E-state index in [1.165, 1.54) is 7.11 Å². The van der Waals surface area contributed by atoms with E-state index in [0.717, 1.165) is 0 Å². The molecule has 5 heteroatoms. The van der Waals surface area contributed by atoms with E-state index in [0.29, 0.717) is 11.4 Å². The maximum absolute atomic E-state index is 11.1. The highest BCUT2D eigenvalue weighted by Gasteiger charge is 2.21. The number of aliphatic hydroxyl groups excluding tert-OH is 1. The van der Waals surface area contributed by atoms with Crippen LogP contribution in [-0.4, -0.2) is 35.8 Å². The second-order valence-electron chi connectivity index (χ2n) is 4.56. The van der Waals surface area contributed by atoms with Crippen LogP contribution in [0, 0.1) is 5.41 Å². The number of esters is 1. The number of methoxy groups -OCH3 is 1. The fourth-order valence-electron chi connectivity index (χ4n) is 1.05.